The van der Waals surface area contributed by atoms with Crippen molar-refractivity contribution in [3.63, 3.8) is 0 Å². The lowest BCUT2D eigenvalue weighted by molar-refractivity contribution is 0.269. The zero-order valence-electron chi connectivity index (χ0n) is 18.4. The molecule has 6 nitrogen and oxygen atoms in total. The van der Waals surface area contributed by atoms with Crippen LogP contribution in [-0.4, -0.2) is 27.0 Å². The Morgan fingerprint density at radius 3 is 2.25 bits per heavy atom. The molecule has 0 bridgehead atoms. The van der Waals surface area contributed by atoms with Crippen molar-refractivity contribution in [3.05, 3.63) is 83.2 Å². The van der Waals surface area contributed by atoms with E-state index in [1.807, 2.05) is 43.3 Å². The van der Waals surface area contributed by atoms with Crippen LogP contribution in [-0.2, 0) is 13.2 Å². The number of methoxy groups -OCH3 is 2. The summed E-state index contributed by atoms with van der Waals surface area (Å²) in [6, 6.07) is 17.5. The molecular formula is C25H27FN2O4. The molecule has 0 aliphatic carbocycles. The molecular weight excluding hydrogens is 411 g/mol. The maximum atomic E-state index is 13.1. The van der Waals surface area contributed by atoms with Crippen molar-refractivity contribution < 1.29 is 23.3 Å². The summed E-state index contributed by atoms with van der Waals surface area (Å²) in [5.74, 6) is 2.33. The Morgan fingerprint density at radius 2 is 1.53 bits per heavy atom. The van der Waals surface area contributed by atoms with Crippen molar-refractivity contribution in [1.82, 2.24) is 5.43 Å². The van der Waals surface area contributed by atoms with Gasteiger partial charge in [-0.2, -0.15) is 5.10 Å². The number of rotatable bonds is 11. The highest BCUT2D eigenvalue weighted by molar-refractivity contribution is 5.80. The number of ether oxygens (including phenoxy) is 4. The van der Waals surface area contributed by atoms with Crippen LogP contribution in [0.2, 0.25) is 0 Å². The molecule has 0 aromatic heterocycles. The SMILES string of the molecule is CCOc1cc(/C=N\NCc2ccc(OC)c(OC)c2)ccc1OCc1ccc(F)cc1. The molecule has 0 fully saturated rings. The van der Waals surface area contributed by atoms with Crippen LogP contribution in [0.4, 0.5) is 4.39 Å². The van der Waals surface area contributed by atoms with Crippen LogP contribution in [0.25, 0.3) is 0 Å². The molecule has 0 heterocycles. The summed E-state index contributed by atoms with van der Waals surface area (Å²) >= 11 is 0. The normalized spacial score (nSPS) is 10.8. The monoisotopic (exact) mass is 438 g/mol. The van der Waals surface area contributed by atoms with E-state index < -0.39 is 0 Å². The first-order chi connectivity index (χ1) is 15.6. The van der Waals surface area contributed by atoms with Crippen LogP contribution in [0.15, 0.2) is 65.8 Å². The lowest BCUT2D eigenvalue weighted by atomic mass is 10.2. The Balaban J connectivity index is 1.60. The summed E-state index contributed by atoms with van der Waals surface area (Å²) in [7, 11) is 3.21. The summed E-state index contributed by atoms with van der Waals surface area (Å²) in [5, 5.41) is 4.29. The largest absolute Gasteiger partial charge is 0.493 e. The Labute approximate surface area is 187 Å². The molecule has 32 heavy (non-hydrogen) atoms. The van der Waals surface area contributed by atoms with Gasteiger partial charge in [-0.15, -0.1) is 0 Å². The van der Waals surface area contributed by atoms with E-state index in [9.17, 15) is 4.39 Å². The molecule has 0 saturated heterocycles. The smallest absolute Gasteiger partial charge is 0.161 e. The fraction of sp³-hybridized carbons (Fsp3) is 0.240. The Hall–Kier alpha value is -3.74. The Morgan fingerprint density at radius 1 is 0.812 bits per heavy atom. The summed E-state index contributed by atoms with van der Waals surface area (Å²) in [6.07, 6.45) is 1.72. The molecule has 3 aromatic rings. The molecule has 0 spiro atoms. The number of hydrogen-bond donors (Lipinski definition) is 1. The van der Waals surface area contributed by atoms with Gasteiger partial charge >= 0.3 is 0 Å². The summed E-state index contributed by atoms with van der Waals surface area (Å²) in [6.45, 7) is 3.27. The van der Waals surface area contributed by atoms with E-state index in [4.69, 9.17) is 18.9 Å². The highest BCUT2D eigenvalue weighted by Crippen LogP contribution is 2.29. The standard InChI is InChI=1S/C25H27FN2O4/c1-4-31-25-14-20(8-12-23(25)32-17-18-5-9-21(26)10-6-18)16-28-27-15-19-7-11-22(29-2)24(13-19)30-3/h5-14,16,27H,4,15,17H2,1-3H3/b28-16-. The number of hydrazone groups is 1. The van der Waals surface area contributed by atoms with Crippen LogP contribution in [0.3, 0.4) is 0 Å². The van der Waals surface area contributed by atoms with Gasteiger partial charge in [0.25, 0.3) is 0 Å². The summed E-state index contributed by atoms with van der Waals surface area (Å²) in [5.41, 5.74) is 5.78. The molecule has 0 unspecified atom stereocenters. The van der Waals surface area contributed by atoms with Crippen LogP contribution in [0, 0.1) is 5.82 Å². The van der Waals surface area contributed by atoms with Crippen LogP contribution in [0.5, 0.6) is 23.0 Å². The number of benzene rings is 3. The zero-order chi connectivity index (χ0) is 22.8. The van der Waals surface area contributed by atoms with Crippen molar-refractivity contribution >= 4 is 6.21 Å². The first-order valence-electron chi connectivity index (χ1n) is 10.2. The molecule has 0 atom stereocenters. The topological polar surface area (TPSA) is 61.3 Å². The molecule has 3 aromatic carbocycles. The minimum Gasteiger partial charge on any atom is -0.493 e. The molecule has 1 N–H and O–H groups in total. The van der Waals surface area contributed by atoms with Crippen LogP contribution < -0.4 is 24.4 Å². The third-order valence-corrected chi connectivity index (χ3v) is 4.61. The molecule has 7 heteroatoms. The molecule has 0 radical (unpaired) electrons. The van der Waals surface area contributed by atoms with Crippen LogP contribution >= 0.6 is 0 Å². The van der Waals surface area contributed by atoms with Crippen molar-refractivity contribution in [1.29, 1.82) is 0 Å². The lowest BCUT2D eigenvalue weighted by Gasteiger charge is -2.12. The first kappa shape index (κ1) is 22.9. The van der Waals surface area contributed by atoms with Gasteiger partial charge in [-0.3, -0.25) is 0 Å². The fourth-order valence-electron chi connectivity index (χ4n) is 2.98. The van der Waals surface area contributed by atoms with Gasteiger partial charge in [0, 0.05) is 0 Å². The molecule has 0 amide bonds. The quantitative estimate of drug-likeness (QED) is 0.339. The Bertz CT molecular complexity index is 1040. The van der Waals surface area contributed by atoms with Gasteiger partial charge in [0.1, 0.15) is 12.4 Å². The Kier molecular flexibility index (Phi) is 8.31. The van der Waals surface area contributed by atoms with E-state index in [0.29, 0.717) is 42.8 Å². The van der Waals surface area contributed by atoms with Gasteiger partial charge < -0.3 is 24.4 Å². The van der Waals surface area contributed by atoms with Crippen molar-refractivity contribution in [2.24, 2.45) is 5.10 Å². The number of halogens is 1. The summed E-state index contributed by atoms with van der Waals surface area (Å²) in [4.78, 5) is 0. The number of nitrogens with one attached hydrogen (secondary N) is 1. The van der Waals surface area contributed by atoms with Crippen molar-refractivity contribution in [2.45, 2.75) is 20.1 Å². The predicted molar refractivity (Wildman–Crippen MR) is 122 cm³/mol. The van der Waals surface area contributed by atoms with E-state index in [1.54, 1.807) is 32.6 Å². The maximum Gasteiger partial charge on any atom is 0.161 e. The van der Waals surface area contributed by atoms with E-state index in [0.717, 1.165) is 16.7 Å². The molecule has 0 aliphatic rings. The predicted octanol–water partition coefficient (Wildman–Crippen LogP) is 4.94. The van der Waals surface area contributed by atoms with Crippen molar-refractivity contribution in [3.8, 4) is 23.0 Å². The van der Waals surface area contributed by atoms with E-state index >= 15 is 0 Å². The molecule has 0 saturated carbocycles. The second-order valence-electron chi connectivity index (χ2n) is 6.84. The van der Waals surface area contributed by atoms with E-state index in [2.05, 4.69) is 10.5 Å². The zero-order valence-corrected chi connectivity index (χ0v) is 18.4. The number of hydrogen-bond acceptors (Lipinski definition) is 6. The third-order valence-electron chi connectivity index (χ3n) is 4.61. The average molecular weight is 438 g/mol. The van der Waals surface area contributed by atoms with Gasteiger partial charge in [0.2, 0.25) is 0 Å². The molecule has 168 valence electrons. The van der Waals surface area contributed by atoms with E-state index in [1.165, 1.54) is 12.1 Å². The van der Waals surface area contributed by atoms with Gasteiger partial charge in [0.15, 0.2) is 23.0 Å². The first-order valence-corrected chi connectivity index (χ1v) is 10.2. The maximum absolute atomic E-state index is 13.1. The highest BCUT2D eigenvalue weighted by atomic mass is 19.1. The molecule has 0 aliphatic heterocycles. The number of nitrogens with zero attached hydrogens (tertiary/aromatic N) is 1. The minimum atomic E-state index is -0.271. The van der Waals surface area contributed by atoms with Gasteiger partial charge in [0.05, 0.1) is 33.6 Å². The third kappa shape index (κ3) is 6.38. The average Bonchev–Trinajstić information content (AvgIpc) is 2.82. The van der Waals surface area contributed by atoms with Gasteiger partial charge in [-0.25, -0.2) is 4.39 Å². The van der Waals surface area contributed by atoms with Gasteiger partial charge in [-0.05, 0) is 66.1 Å². The lowest BCUT2D eigenvalue weighted by Crippen LogP contribution is -2.06. The highest BCUT2D eigenvalue weighted by Gasteiger charge is 2.07. The second-order valence-corrected chi connectivity index (χ2v) is 6.84. The second kappa shape index (κ2) is 11.6. The summed E-state index contributed by atoms with van der Waals surface area (Å²) < 4.78 is 35.2. The minimum absolute atomic E-state index is 0.271. The van der Waals surface area contributed by atoms with Crippen molar-refractivity contribution in [2.75, 3.05) is 20.8 Å². The van der Waals surface area contributed by atoms with E-state index in [-0.39, 0.29) is 5.82 Å². The fourth-order valence-corrected chi connectivity index (χ4v) is 2.98. The van der Waals surface area contributed by atoms with Gasteiger partial charge in [-0.1, -0.05) is 18.2 Å². The van der Waals surface area contributed by atoms with Crippen LogP contribution in [0.1, 0.15) is 23.6 Å². The molecule has 3 rings (SSSR count).